The number of aldehydes is 1. The third kappa shape index (κ3) is 7.94. The lowest BCUT2D eigenvalue weighted by Gasteiger charge is -2.04. The number of benzene rings is 1. The Morgan fingerprint density at radius 2 is 1.47 bits per heavy atom. The van der Waals surface area contributed by atoms with Gasteiger partial charge in [0.1, 0.15) is 12.4 Å². The van der Waals surface area contributed by atoms with E-state index < -0.39 is 7.60 Å². The van der Waals surface area contributed by atoms with Crippen LogP contribution in [0.25, 0.3) is 29.1 Å². The lowest BCUT2D eigenvalue weighted by Crippen LogP contribution is -2.34. The Kier molecular flexibility index (Phi) is 9.16. The van der Waals surface area contributed by atoms with E-state index in [1.165, 1.54) is 0 Å². The molecule has 36 heavy (non-hydrogen) atoms. The first-order valence-electron chi connectivity index (χ1n) is 11.1. The molecule has 0 radical (unpaired) electrons. The van der Waals surface area contributed by atoms with Gasteiger partial charge in [-0.15, -0.1) is 0 Å². The number of rotatable bonds is 10. The Labute approximate surface area is 209 Å². The lowest BCUT2D eigenvalue weighted by atomic mass is 10.0. The predicted octanol–water partition coefficient (Wildman–Crippen LogP) is 3.79. The minimum atomic E-state index is -4.05. The van der Waals surface area contributed by atoms with Gasteiger partial charge in [-0.3, -0.25) is 4.57 Å². The van der Waals surface area contributed by atoms with E-state index in [2.05, 4.69) is 10.9 Å². The molecule has 3 rings (SSSR count). The van der Waals surface area contributed by atoms with Crippen molar-refractivity contribution >= 4 is 43.9 Å². The number of carbonyl (C=O) groups is 1. The summed E-state index contributed by atoms with van der Waals surface area (Å²) in [4.78, 5) is 32.2. The average molecular weight is 500 g/mol. The fourth-order valence-corrected chi connectivity index (χ4v) is 3.86. The third-order valence-electron chi connectivity index (χ3n) is 5.34. The van der Waals surface area contributed by atoms with Gasteiger partial charge in [0.2, 0.25) is 0 Å². The highest BCUT2D eigenvalue weighted by molar-refractivity contribution is 7.51. The first-order chi connectivity index (χ1) is 17.3. The molecular weight excluding hydrogens is 475 g/mol. The number of carbonyl (C=O) groups excluding carboxylic acids is 1. The van der Waals surface area contributed by atoms with Crippen molar-refractivity contribution in [1.29, 1.82) is 5.26 Å². The van der Waals surface area contributed by atoms with Crippen molar-refractivity contribution in [2.75, 3.05) is 6.16 Å². The minimum Gasteiger partial charge on any atom is -0.324 e. The number of pyridine rings is 2. The van der Waals surface area contributed by atoms with Crippen LogP contribution in [-0.4, -0.2) is 22.2 Å². The molecule has 8 nitrogen and oxygen atoms in total. The van der Waals surface area contributed by atoms with Gasteiger partial charge in [-0.05, 0) is 34.4 Å². The van der Waals surface area contributed by atoms with Gasteiger partial charge >= 0.3 is 7.60 Å². The molecule has 0 aliphatic heterocycles. The summed E-state index contributed by atoms with van der Waals surface area (Å²) >= 11 is 0. The van der Waals surface area contributed by atoms with Gasteiger partial charge in [-0.1, -0.05) is 24.3 Å². The van der Waals surface area contributed by atoms with Gasteiger partial charge in [-0.2, -0.15) is 5.26 Å². The largest absolute Gasteiger partial charge is 0.331 e. The molecule has 0 atom stereocenters. The molecule has 0 spiro atoms. The molecule has 3 aromatic rings. The van der Waals surface area contributed by atoms with E-state index in [4.69, 9.17) is 16.4 Å². The summed E-state index contributed by atoms with van der Waals surface area (Å²) in [5.41, 5.74) is 3.89. The van der Waals surface area contributed by atoms with E-state index in [1.54, 1.807) is 53.4 Å². The summed E-state index contributed by atoms with van der Waals surface area (Å²) in [7, 11) is -4.05. The summed E-state index contributed by atoms with van der Waals surface area (Å²) in [6.45, 7) is 8.41. The minimum absolute atomic E-state index is 0.208. The molecule has 0 unspecified atom stereocenters. The highest BCUT2D eigenvalue weighted by Gasteiger charge is 2.15. The fourth-order valence-electron chi connectivity index (χ4n) is 3.36. The molecule has 0 aliphatic carbocycles. The van der Waals surface area contributed by atoms with E-state index in [1.807, 2.05) is 41.2 Å². The number of nitrogens with zero attached hydrogens (tertiary/aromatic N) is 4. The van der Waals surface area contributed by atoms with Crippen LogP contribution < -0.4 is 9.13 Å². The number of hydrogen-bond acceptors (Lipinski definition) is 3. The maximum absolute atomic E-state index is 11.0. The number of aromatic nitrogens is 2. The Morgan fingerprint density at radius 3 is 1.97 bits per heavy atom. The van der Waals surface area contributed by atoms with Crippen LogP contribution in [0.2, 0.25) is 0 Å². The monoisotopic (exact) mass is 500 g/mol. The van der Waals surface area contributed by atoms with E-state index >= 15 is 0 Å². The second kappa shape index (κ2) is 12.5. The van der Waals surface area contributed by atoms with Gasteiger partial charge in [0.05, 0.1) is 24.6 Å². The van der Waals surface area contributed by atoms with Crippen molar-refractivity contribution in [1.82, 2.24) is 0 Å². The third-order valence-corrected chi connectivity index (χ3v) is 6.12. The van der Waals surface area contributed by atoms with Crippen molar-refractivity contribution in [3.63, 3.8) is 0 Å². The van der Waals surface area contributed by atoms with Gasteiger partial charge in [0.15, 0.2) is 43.6 Å². The Bertz CT molecular complexity index is 1410. The van der Waals surface area contributed by atoms with Gasteiger partial charge in [0.25, 0.3) is 0 Å². The van der Waals surface area contributed by atoms with Gasteiger partial charge in [-0.25, -0.2) is 14.0 Å². The second-order valence-electron chi connectivity index (χ2n) is 7.97. The number of nitriles is 1. The van der Waals surface area contributed by atoms with Crippen molar-refractivity contribution in [3.8, 4) is 6.07 Å². The fraction of sp³-hybridized carbons (Fsp3) is 0.148. The zero-order valence-corrected chi connectivity index (χ0v) is 20.3. The van der Waals surface area contributed by atoms with E-state index in [9.17, 15) is 14.6 Å². The average Bonchev–Trinajstić information content (AvgIpc) is 2.88. The lowest BCUT2D eigenvalue weighted by molar-refractivity contribution is -0.695. The molecule has 180 valence electrons. The SMILES string of the molecule is [C-]#[N+]c1cc(/C=C/c2cc[n+](CCP(=O)(O)O)cc2)c(C#N)cc1/C=C/c1cc[n+](CCC=O)cc1. The Morgan fingerprint density at radius 1 is 0.917 bits per heavy atom. The van der Waals surface area contributed by atoms with Crippen molar-refractivity contribution in [2.45, 2.75) is 19.5 Å². The molecule has 0 saturated carbocycles. The van der Waals surface area contributed by atoms with Crippen LogP contribution in [0.5, 0.6) is 0 Å². The molecule has 0 fully saturated rings. The molecule has 0 aliphatic rings. The second-order valence-corrected chi connectivity index (χ2v) is 9.75. The normalized spacial score (nSPS) is 11.4. The molecule has 2 aromatic heterocycles. The maximum Gasteiger partial charge on any atom is 0.331 e. The van der Waals surface area contributed by atoms with Crippen molar-refractivity contribution in [3.05, 3.63) is 100 Å². The van der Waals surface area contributed by atoms with Crippen LogP contribution in [0, 0.1) is 17.9 Å². The van der Waals surface area contributed by atoms with Crippen molar-refractivity contribution in [2.24, 2.45) is 0 Å². The molecular formula is C27H25N4O4P+2. The van der Waals surface area contributed by atoms with Gasteiger partial charge in [0, 0.05) is 24.3 Å². The first-order valence-corrected chi connectivity index (χ1v) is 12.9. The zero-order chi connectivity index (χ0) is 26.0. The number of hydrogen-bond donors (Lipinski definition) is 2. The summed E-state index contributed by atoms with van der Waals surface area (Å²) < 4.78 is 14.6. The Balaban J connectivity index is 1.77. The predicted molar refractivity (Wildman–Crippen MR) is 136 cm³/mol. The summed E-state index contributed by atoms with van der Waals surface area (Å²) in [6.07, 6.45) is 15.6. The highest BCUT2D eigenvalue weighted by atomic mass is 31.2. The van der Waals surface area contributed by atoms with E-state index in [0.717, 1.165) is 17.4 Å². The molecule has 2 heterocycles. The molecule has 0 bridgehead atoms. The Hall–Kier alpha value is -4.20. The molecule has 2 N–H and O–H groups in total. The van der Waals surface area contributed by atoms with Crippen molar-refractivity contribution < 1.29 is 28.3 Å². The maximum atomic E-state index is 11.0. The summed E-state index contributed by atoms with van der Waals surface area (Å²) in [5, 5.41) is 9.67. The van der Waals surface area contributed by atoms with Crippen LogP contribution in [0.15, 0.2) is 61.2 Å². The van der Waals surface area contributed by atoms with Crippen LogP contribution in [0.4, 0.5) is 5.69 Å². The molecule has 1 aromatic carbocycles. The topological polar surface area (TPSA) is 111 Å². The smallest absolute Gasteiger partial charge is 0.324 e. The van der Waals surface area contributed by atoms with Crippen LogP contribution >= 0.6 is 7.60 Å². The van der Waals surface area contributed by atoms with Crippen LogP contribution in [0.3, 0.4) is 0 Å². The first kappa shape index (κ1) is 26.4. The number of aryl methyl sites for hydroxylation is 2. The van der Waals surface area contributed by atoms with Crippen LogP contribution in [0.1, 0.15) is 34.2 Å². The quantitative estimate of drug-likeness (QED) is 0.191. The van der Waals surface area contributed by atoms with Gasteiger partial charge < -0.3 is 14.6 Å². The van der Waals surface area contributed by atoms with E-state index in [-0.39, 0.29) is 12.7 Å². The van der Waals surface area contributed by atoms with E-state index in [0.29, 0.717) is 35.3 Å². The zero-order valence-electron chi connectivity index (χ0n) is 19.4. The summed E-state index contributed by atoms with van der Waals surface area (Å²) in [5.74, 6) is 0. The molecule has 9 heteroatoms. The molecule has 0 saturated heterocycles. The molecule has 0 amide bonds. The van der Waals surface area contributed by atoms with Crippen LogP contribution in [-0.2, 0) is 22.4 Å². The highest BCUT2D eigenvalue weighted by Crippen LogP contribution is 2.33. The standard InChI is InChI=1S/C27H23N4O4P/c1-29-27-20-24(5-3-22-9-14-31(15-10-22)16-18-36(33,34)35)26(21-28)19-25(27)6-4-23-7-12-30(13-8-23)11-2-17-32/h3-10,12-15,17,19-20H,2,11,16,18H2/p+2/b5-3+,6-4+. The summed E-state index contributed by atoms with van der Waals surface area (Å²) in [6, 6.07) is 13.0.